The molecule has 0 saturated heterocycles. The Labute approximate surface area is 156 Å². The minimum Gasteiger partial charge on any atom is -0.466 e. The molecule has 27 heavy (non-hydrogen) atoms. The largest absolute Gasteiger partial charge is 0.466 e. The molecule has 1 aliphatic rings. The van der Waals surface area contributed by atoms with Crippen LogP contribution in [-0.2, 0) is 14.9 Å². The zero-order valence-electron chi connectivity index (χ0n) is 15.3. The Bertz CT molecular complexity index is 1070. The van der Waals surface area contributed by atoms with E-state index in [2.05, 4.69) is 0 Å². The second kappa shape index (κ2) is 6.34. The van der Waals surface area contributed by atoms with E-state index in [1.165, 1.54) is 12.1 Å². The van der Waals surface area contributed by atoms with Crippen molar-refractivity contribution in [3.63, 3.8) is 0 Å². The molecule has 4 rings (SSSR count). The van der Waals surface area contributed by atoms with E-state index in [1.54, 1.807) is 17.6 Å². The Balaban J connectivity index is 1.91. The lowest BCUT2D eigenvalue weighted by atomic mass is 9.73. The van der Waals surface area contributed by atoms with Crippen LogP contribution in [0.1, 0.15) is 37.0 Å². The molecule has 0 saturated carbocycles. The van der Waals surface area contributed by atoms with Gasteiger partial charge in [-0.3, -0.25) is 14.2 Å². The summed E-state index contributed by atoms with van der Waals surface area (Å²) in [6.07, 6.45) is 0.689. The van der Waals surface area contributed by atoms with Gasteiger partial charge in [0.1, 0.15) is 5.82 Å². The summed E-state index contributed by atoms with van der Waals surface area (Å²) in [5.41, 5.74) is 1.97. The van der Waals surface area contributed by atoms with Crippen LogP contribution in [0, 0.1) is 5.82 Å². The quantitative estimate of drug-likeness (QED) is 0.630. The first-order chi connectivity index (χ1) is 13.0. The fraction of sp³-hybridized carbons (Fsp3) is 0.273. The standard InChI is InChI=1S/C22H20FNO3/c1-3-10-27-20(25)13-22(2)17-7-5-4-6-16(17)19-12-14-11-15(23)8-9-18(14)24(19)21(22)26/h4-9,11-12H,3,10,13H2,1-2H3. The van der Waals surface area contributed by atoms with E-state index in [4.69, 9.17) is 4.74 Å². The van der Waals surface area contributed by atoms with Gasteiger partial charge in [-0.15, -0.1) is 0 Å². The third-order valence-corrected chi connectivity index (χ3v) is 5.20. The van der Waals surface area contributed by atoms with Crippen molar-refractivity contribution < 1.29 is 18.7 Å². The van der Waals surface area contributed by atoms with Gasteiger partial charge < -0.3 is 4.74 Å². The van der Waals surface area contributed by atoms with E-state index in [1.807, 2.05) is 37.3 Å². The summed E-state index contributed by atoms with van der Waals surface area (Å²) in [6.45, 7) is 4.04. The van der Waals surface area contributed by atoms with Crippen LogP contribution in [0.25, 0.3) is 22.2 Å². The maximum absolute atomic E-state index is 13.7. The molecule has 1 atom stereocenters. The first kappa shape index (κ1) is 17.5. The van der Waals surface area contributed by atoms with Gasteiger partial charge in [0.25, 0.3) is 0 Å². The van der Waals surface area contributed by atoms with Gasteiger partial charge in [-0.1, -0.05) is 31.2 Å². The SMILES string of the molecule is CCCOC(=O)CC1(C)C(=O)n2c(cc3cc(F)ccc32)-c2ccccc21. The molecule has 5 heteroatoms. The number of rotatable bonds is 4. The highest BCUT2D eigenvalue weighted by atomic mass is 19.1. The van der Waals surface area contributed by atoms with Gasteiger partial charge >= 0.3 is 5.97 Å². The second-order valence-electron chi connectivity index (χ2n) is 7.15. The Morgan fingerprint density at radius 2 is 1.96 bits per heavy atom. The van der Waals surface area contributed by atoms with Gasteiger partial charge in [0, 0.05) is 10.9 Å². The molecule has 0 fully saturated rings. The molecule has 0 bridgehead atoms. The van der Waals surface area contributed by atoms with Crippen molar-refractivity contribution in [2.24, 2.45) is 0 Å². The average Bonchev–Trinajstić information content (AvgIpc) is 3.03. The minimum absolute atomic E-state index is 0.0385. The van der Waals surface area contributed by atoms with Gasteiger partial charge in [-0.05, 0) is 43.2 Å². The Kier molecular flexibility index (Phi) is 4.10. The lowest BCUT2D eigenvalue weighted by Gasteiger charge is -2.35. The number of esters is 1. The number of fused-ring (bicyclic) bond motifs is 5. The van der Waals surface area contributed by atoms with Crippen LogP contribution < -0.4 is 0 Å². The maximum atomic E-state index is 13.7. The maximum Gasteiger partial charge on any atom is 0.307 e. The highest BCUT2D eigenvalue weighted by molar-refractivity contribution is 6.07. The summed E-state index contributed by atoms with van der Waals surface area (Å²) in [7, 11) is 0. The van der Waals surface area contributed by atoms with E-state index >= 15 is 0 Å². The highest BCUT2D eigenvalue weighted by Crippen LogP contribution is 2.44. The second-order valence-corrected chi connectivity index (χ2v) is 7.15. The van der Waals surface area contributed by atoms with Crippen molar-refractivity contribution in [1.82, 2.24) is 4.57 Å². The average molecular weight is 365 g/mol. The zero-order valence-corrected chi connectivity index (χ0v) is 15.3. The summed E-state index contributed by atoms with van der Waals surface area (Å²) in [4.78, 5) is 25.9. The van der Waals surface area contributed by atoms with Crippen LogP contribution in [0.15, 0.2) is 48.5 Å². The minimum atomic E-state index is -1.05. The molecular formula is C22H20FNO3. The van der Waals surface area contributed by atoms with Crippen molar-refractivity contribution in [3.8, 4) is 11.3 Å². The first-order valence-electron chi connectivity index (χ1n) is 9.07. The molecule has 0 aliphatic carbocycles. The number of nitrogens with zero attached hydrogens (tertiary/aromatic N) is 1. The van der Waals surface area contributed by atoms with Gasteiger partial charge in [0.2, 0.25) is 5.91 Å². The van der Waals surface area contributed by atoms with Crippen LogP contribution in [0.2, 0.25) is 0 Å². The number of hydrogen-bond acceptors (Lipinski definition) is 3. The van der Waals surface area contributed by atoms with E-state index in [0.29, 0.717) is 17.5 Å². The van der Waals surface area contributed by atoms with Gasteiger partial charge in [0.15, 0.2) is 0 Å². The molecule has 138 valence electrons. The number of ether oxygens (including phenoxy) is 1. The van der Waals surface area contributed by atoms with Crippen molar-refractivity contribution in [1.29, 1.82) is 0 Å². The van der Waals surface area contributed by atoms with Crippen LogP contribution >= 0.6 is 0 Å². The summed E-state index contributed by atoms with van der Waals surface area (Å²) in [6, 6.07) is 13.8. The Hall–Kier alpha value is -2.95. The molecule has 0 spiro atoms. The summed E-state index contributed by atoms with van der Waals surface area (Å²) < 4.78 is 20.5. The monoisotopic (exact) mass is 365 g/mol. The number of halogens is 1. The molecule has 4 nitrogen and oxygen atoms in total. The summed E-state index contributed by atoms with van der Waals surface area (Å²) in [5, 5.41) is 0.658. The molecule has 1 unspecified atom stereocenters. The Morgan fingerprint density at radius 1 is 1.19 bits per heavy atom. The van der Waals surface area contributed by atoms with Crippen molar-refractivity contribution in [2.45, 2.75) is 32.1 Å². The van der Waals surface area contributed by atoms with Gasteiger partial charge in [0.05, 0.1) is 29.7 Å². The smallest absolute Gasteiger partial charge is 0.307 e. The Morgan fingerprint density at radius 3 is 2.74 bits per heavy atom. The predicted octanol–water partition coefficient (Wildman–Crippen LogP) is 4.70. The third-order valence-electron chi connectivity index (χ3n) is 5.20. The molecular weight excluding hydrogens is 345 g/mol. The number of benzene rings is 2. The van der Waals surface area contributed by atoms with Crippen molar-refractivity contribution in [3.05, 3.63) is 59.9 Å². The summed E-state index contributed by atoms with van der Waals surface area (Å²) in [5.74, 6) is -0.947. The lowest BCUT2D eigenvalue weighted by molar-refractivity contribution is -0.144. The van der Waals surface area contributed by atoms with Crippen molar-refractivity contribution >= 4 is 22.8 Å². The van der Waals surface area contributed by atoms with Crippen molar-refractivity contribution in [2.75, 3.05) is 6.61 Å². The normalized spacial score (nSPS) is 18.3. The lowest BCUT2D eigenvalue weighted by Crippen LogP contribution is -2.42. The zero-order chi connectivity index (χ0) is 19.2. The molecule has 0 N–H and O–H groups in total. The third kappa shape index (κ3) is 2.65. The van der Waals surface area contributed by atoms with Crippen LogP contribution in [0.5, 0.6) is 0 Å². The van der Waals surface area contributed by atoms with Gasteiger partial charge in [-0.2, -0.15) is 0 Å². The topological polar surface area (TPSA) is 48.3 Å². The molecule has 0 amide bonds. The molecule has 2 aromatic carbocycles. The molecule has 0 radical (unpaired) electrons. The van der Waals surface area contributed by atoms with Crippen LogP contribution in [0.4, 0.5) is 4.39 Å². The van der Waals surface area contributed by atoms with Gasteiger partial charge in [-0.25, -0.2) is 4.39 Å². The van der Waals surface area contributed by atoms with E-state index in [-0.39, 0.29) is 18.1 Å². The molecule has 1 aliphatic heterocycles. The van der Waals surface area contributed by atoms with Crippen LogP contribution in [0.3, 0.4) is 0 Å². The first-order valence-corrected chi connectivity index (χ1v) is 9.07. The summed E-state index contributed by atoms with van der Waals surface area (Å²) >= 11 is 0. The predicted molar refractivity (Wildman–Crippen MR) is 101 cm³/mol. The molecule has 1 aromatic heterocycles. The number of carbonyl (C=O) groups excluding carboxylic acids is 2. The van der Waals surface area contributed by atoms with E-state index in [9.17, 15) is 14.0 Å². The number of aromatic nitrogens is 1. The number of hydrogen-bond donors (Lipinski definition) is 0. The van der Waals surface area contributed by atoms with Crippen LogP contribution in [-0.4, -0.2) is 23.1 Å². The number of carbonyl (C=O) groups is 2. The highest BCUT2D eigenvalue weighted by Gasteiger charge is 2.45. The molecule has 2 heterocycles. The van der Waals surface area contributed by atoms with E-state index in [0.717, 1.165) is 23.2 Å². The van der Waals surface area contributed by atoms with E-state index < -0.39 is 11.4 Å². The fourth-order valence-electron chi connectivity index (χ4n) is 3.88. The fourth-order valence-corrected chi connectivity index (χ4v) is 3.88. The molecule has 3 aromatic rings.